The first kappa shape index (κ1) is 22.5. The number of methoxy groups -OCH3 is 1. The molecule has 1 unspecified atom stereocenters. The van der Waals surface area contributed by atoms with Crippen LogP contribution in [0.4, 0.5) is 0 Å². The Labute approximate surface area is 176 Å². The molecule has 1 aromatic heterocycles. The molecule has 1 saturated heterocycles. The van der Waals surface area contributed by atoms with Crippen molar-refractivity contribution in [3.05, 3.63) is 40.5 Å². The van der Waals surface area contributed by atoms with Crippen molar-refractivity contribution in [1.82, 2.24) is 20.4 Å². The SMILES string of the molecule is CNC(C)Cc1noc(C2CCN(C(=O)c3cc(Cl)ccc3OC)CC2)n1.Cl. The molecule has 1 N–H and O–H groups in total. The fourth-order valence-electron chi connectivity index (χ4n) is 3.24. The van der Waals surface area contributed by atoms with Gasteiger partial charge in [0, 0.05) is 36.5 Å². The Morgan fingerprint density at radius 1 is 1.43 bits per heavy atom. The zero-order valence-electron chi connectivity index (χ0n) is 16.3. The number of hydrogen-bond donors (Lipinski definition) is 1. The van der Waals surface area contributed by atoms with Gasteiger partial charge < -0.3 is 19.5 Å². The number of halogens is 2. The summed E-state index contributed by atoms with van der Waals surface area (Å²) in [6.07, 6.45) is 2.31. The molecule has 1 atom stereocenters. The van der Waals surface area contributed by atoms with Crippen LogP contribution >= 0.6 is 24.0 Å². The maximum absolute atomic E-state index is 12.9. The number of aromatic nitrogens is 2. The minimum absolute atomic E-state index is 0. The molecular weight excluding hydrogens is 403 g/mol. The Morgan fingerprint density at radius 2 is 2.14 bits per heavy atom. The van der Waals surface area contributed by atoms with Crippen molar-refractivity contribution < 1.29 is 14.1 Å². The molecule has 0 saturated carbocycles. The second-order valence-electron chi connectivity index (χ2n) is 6.85. The van der Waals surface area contributed by atoms with E-state index in [4.69, 9.17) is 20.9 Å². The maximum Gasteiger partial charge on any atom is 0.257 e. The van der Waals surface area contributed by atoms with E-state index in [9.17, 15) is 4.79 Å². The molecule has 3 rings (SSSR count). The minimum atomic E-state index is -0.0677. The van der Waals surface area contributed by atoms with E-state index in [0.717, 1.165) is 19.3 Å². The largest absolute Gasteiger partial charge is 0.496 e. The zero-order valence-corrected chi connectivity index (χ0v) is 17.8. The van der Waals surface area contributed by atoms with Crippen LogP contribution in [-0.2, 0) is 6.42 Å². The molecule has 154 valence electrons. The first-order valence-electron chi connectivity index (χ1n) is 9.14. The van der Waals surface area contributed by atoms with Gasteiger partial charge in [0.25, 0.3) is 5.91 Å². The van der Waals surface area contributed by atoms with E-state index < -0.39 is 0 Å². The molecule has 1 amide bonds. The minimum Gasteiger partial charge on any atom is -0.496 e. The predicted octanol–water partition coefficient (Wildman–Crippen LogP) is 3.32. The summed E-state index contributed by atoms with van der Waals surface area (Å²) >= 11 is 6.05. The van der Waals surface area contributed by atoms with E-state index in [1.165, 1.54) is 0 Å². The molecule has 9 heteroatoms. The third kappa shape index (κ3) is 5.16. The number of benzene rings is 1. The molecular formula is C19H26Cl2N4O3. The first-order valence-corrected chi connectivity index (χ1v) is 9.52. The highest BCUT2D eigenvalue weighted by molar-refractivity contribution is 6.31. The van der Waals surface area contributed by atoms with Gasteiger partial charge in [0.2, 0.25) is 5.89 Å². The van der Waals surface area contributed by atoms with Gasteiger partial charge in [-0.1, -0.05) is 16.8 Å². The maximum atomic E-state index is 12.9. The van der Waals surface area contributed by atoms with Crippen LogP contribution in [-0.4, -0.2) is 54.2 Å². The van der Waals surface area contributed by atoms with Crippen LogP contribution in [0.15, 0.2) is 22.7 Å². The second kappa shape index (κ2) is 10.1. The van der Waals surface area contributed by atoms with Crippen LogP contribution in [0.1, 0.15) is 47.8 Å². The molecule has 7 nitrogen and oxygen atoms in total. The van der Waals surface area contributed by atoms with Gasteiger partial charge in [0.15, 0.2) is 5.82 Å². The molecule has 1 fully saturated rings. The number of carbonyl (C=O) groups excluding carboxylic acids is 1. The van der Waals surface area contributed by atoms with Crippen LogP contribution in [0.2, 0.25) is 5.02 Å². The van der Waals surface area contributed by atoms with Crippen molar-refractivity contribution in [3.63, 3.8) is 0 Å². The van der Waals surface area contributed by atoms with Crippen molar-refractivity contribution >= 4 is 29.9 Å². The van der Waals surface area contributed by atoms with Crippen molar-refractivity contribution in [2.75, 3.05) is 27.2 Å². The molecule has 1 aliphatic heterocycles. The number of ether oxygens (including phenoxy) is 1. The van der Waals surface area contributed by atoms with Crippen LogP contribution in [0.25, 0.3) is 0 Å². The van der Waals surface area contributed by atoms with E-state index in [1.54, 1.807) is 25.3 Å². The topological polar surface area (TPSA) is 80.5 Å². The third-order valence-electron chi connectivity index (χ3n) is 4.99. The molecule has 2 heterocycles. The van der Waals surface area contributed by atoms with E-state index in [0.29, 0.717) is 47.2 Å². The number of hydrogen-bond acceptors (Lipinski definition) is 6. The summed E-state index contributed by atoms with van der Waals surface area (Å²) < 4.78 is 10.8. The molecule has 0 aliphatic carbocycles. The van der Waals surface area contributed by atoms with Crippen molar-refractivity contribution in [1.29, 1.82) is 0 Å². The molecule has 0 radical (unpaired) electrons. The summed E-state index contributed by atoms with van der Waals surface area (Å²) in [6.45, 7) is 3.33. The summed E-state index contributed by atoms with van der Waals surface area (Å²) in [5, 5.41) is 7.76. The van der Waals surface area contributed by atoms with Gasteiger partial charge in [-0.05, 0) is 45.0 Å². The Bertz CT molecular complexity index is 791. The molecule has 1 aliphatic rings. The lowest BCUT2D eigenvalue weighted by Crippen LogP contribution is -2.38. The molecule has 0 spiro atoms. The van der Waals surface area contributed by atoms with Gasteiger partial charge in [0.1, 0.15) is 5.75 Å². The molecule has 0 bridgehead atoms. The Balaban J connectivity index is 0.00000280. The van der Waals surface area contributed by atoms with Crippen molar-refractivity contribution in [2.24, 2.45) is 0 Å². The van der Waals surface area contributed by atoms with Crippen molar-refractivity contribution in [3.8, 4) is 5.75 Å². The van der Waals surface area contributed by atoms with Gasteiger partial charge in [0.05, 0.1) is 12.7 Å². The lowest BCUT2D eigenvalue weighted by molar-refractivity contribution is 0.0701. The Morgan fingerprint density at radius 3 is 2.79 bits per heavy atom. The van der Waals surface area contributed by atoms with E-state index in [1.807, 2.05) is 11.9 Å². The Hall–Kier alpha value is -1.83. The van der Waals surface area contributed by atoms with Gasteiger partial charge in [-0.3, -0.25) is 4.79 Å². The average molecular weight is 429 g/mol. The standard InChI is InChI=1S/C19H25ClN4O3.ClH/c1-12(21-2)10-17-22-18(27-23-17)13-6-8-24(9-7-13)19(25)15-11-14(20)4-5-16(15)26-3;/h4-5,11-13,21H,6-10H2,1-3H3;1H. The van der Waals surface area contributed by atoms with Gasteiger partial charge in [-0.2, -0.15) is 4.98 Å². The number of piperidine rings is 1. The fourth-order valence-corrected chi connectivity index (χ4v) is 3.41. The summed E-state index contributed by atoms with van der Waals surface area (Å²) in [7, 11) is 3.46. The van der Waals surface area contributed by atoms with Crippen LogP contribution in [0.5, 0.6) is 5.75 Å². The number of likely N-dealkylation sites (tertiary alicyclic amines) is 1. The number of nitrogens with one attached hydrogen (secondary N) is 1. The highest BCUT2D eigenvalue weighted by Gasteiger charge is 2.29. The lowest BCUT2D eigenvalue weighted by Gasteiger charge is -2.30. The van der Waals surface area contributed by atoms with E-state index in [2.05, 4.69) is 22.4 Å². The van der Waals surface area contributed by atoms with Crippen molar-refractivity contribution in [2.45, 2.75) is 38.1 Å². The normalized spacial score (nSPS) is 15.8. The number of amides is 1. The summed E-state index contributed by atoms with van der Waals surface area (Å²) in [6, 6.07) is 5.38. The summed E-state index contributed by atoms with van der Waals surface area (Å²) in [5.74, 6) is 2.03. The van der Waals surface area contributed by atoms with Gasteiger partial charge in [-0.25, -0.2) is 0 Å². The quantitative estimate of drug-likeness (QED) is 0.759. The lowest BCUT2D eigenvalue weighted by atomic mass is 9.96. The molecule has 28 heavy (non-hydrogen) atoms. The summed E-state index contributed by atoms with van der Waals surface area (Å²) in [4.78, 5) is 19.2. The van der Waals surface area contributed by atoms with Crippen LogP contribution in [0, 0.1) is 0 Å². The average Bonchev–Trinajstić information content (AvgIpc) is 3.15. The molecule has 2 aromatic rings. The smallest absolute Gasteiger partial charge is 0.257 e. The van der Waals surface area contributed by atoms with E-state index in [-0.39, 0.29) is 24.2 Å². The van der Waals surface area contributed by atoms with E-state index >= 15 is 0 Å². The number of likely N-dealkylation sites (N-methyl/N-ethyl adjacent to an activating group) is 1. The molecule has 1 aromatic carbocycles. The monoisotopic (exact) mass is 428 g/mol. The first-order chi connectivity index (χ1) is 13.0. The van der Waals surface area contributed by atoms with Gasteiger partial charge in [-0.15, -0.1) is 12.4 Å². The second-order valence-corrected chi connectivity index (χ2v) is 7.29. The predicted molar refractivity (Wildman–Crippen MR) is 110 cm³/mol. The number of rotatable bonds is 6. The Kier molecular flexibility index (Phi) is 8.10. The van der Waals surface area contributed by atoms with Crippen LogP contribution < -0.4 is 10.1 Å². The highest BCUT2D eigenvalue weighted by Crippen LogP contribution is 2.30. The third-order valence-corrected chi connectivity index (χ3v) is 5.22. The fraction of sp³-hybridized carbons (Fsp3) is 0.526. The number of nitrogens with zero attached hydrogens (tertiary/aromatic N) is 3. The highest BCUT2D eigenvalue weighted by atomic mass is 35.5. The number of carbonyl (C=O) groups is 1. The summed E-state index contributed by atoms with van der Waals surface area (Å²) in [5.41, 5.74) is 0.490. The van der Waals surface area contributed by atoms with Gasteiger partial charge >= 0.3 is 0 Å². The zero-order chi connectivity index (χ0) is 19.4. The van der Waals surface area contributed by atoms with Crippen LogP contribution in [0.3, 0.4) is 0 Å².